The molecule has 0 fully saturated rings. The highest BCUT2D eigenvalue weighted by atomic mass is 32.2. The molecule has 0 atom stereocenters. The maximum atomic E-state index is 5.50. The molecule has 0 saturated carbocycles. The topological polar surface area (TPSA) is 31.0 Å². The minimum absolute atomic E-state index is 0.803. The van der Waals surface area contributed by atoms with Crippen molar-refractivity contribution in [2.24, 2.45) is 7.05 Å². The number of rotatable bonds is 2. The van der Waals surface area contributed by atoms with Crippen molar-refractivity contribution in [3.63, 3.8) is 0 Å². The molecule has 0 aliphatic heterocycles. The molecule has 0 aliphatic rings. The molecular weight excluding hydrogens is 280 g/mol. The number of furan rings is 1. The smallest absolute Gasteiger partial charge is 0.152 e. The van der Waals surface area contributed by atoms with E-state index in [2.05, 4.69) is 48.2 Å². The standard InChI is InChI=1S/C17H14N2OS/c1-19-13-7-4-3-6-11(13)16-15(21-2)10-12(18-17(16)19)14-8-5-9-20-14/h3-10H,1-2H3. The summed E-state index contributed by atoms with van der Waals surface area (Å²) in [5.41, 5.74) is 3.07. The Morgan fingerprint density at radius 2 is 2.00 bits per heavy atom. The number of fused-ring (bicyclic) bond motifs is 3. The average molecular weight is 294 g/mol. The van der Waals surface area contributed by atoms with E-state index in [1.54, 1.807) is 18.0 Å². The minimum atomic E-state index is 0.803. The average Bonchev–Trinajstić information content (AvgIpc) is 3.15. The summed E-state index contributed by atoms with van der Waals surface area (Å²) >= 11 is 1.74. The van der Waals surface area contributed by atoms with E-state index < -0.39 is 0 Å². The third kappa shape index (κ3) is 1.79. The van der Waals surface area contributed by atoms with Gasteiger partial charge in [-0.05, 0) is 30.5 Å². The molecule has 0 unspecified atom stereocenters. The highest BCUT2D eigenvalue weighted by Crippen LogP contribution is 2.36. The van der Waals surface area contributed by atoms with Gasteiger partial charge in [0.1, 0.15) is 11.3 Å². The molecule has 4 rings (SSSR count). The largest absolute Gasteiger partial charge is 0.463 e. The number of benzene rings is 1. The number of para-hydroxylation sites is 1. The zero-order valence-electron chi connectivity index (χ0n) is 11.8. The van der Waals surface area contributed by atoms with Crippen LogP contribution in [0.15, 0.2) is 58.0 Å². The molecule has 104 valence electrons. The zero-order chi connectivity index (χ0) is 14.4. The van der Waals surface area contributed by atoms with Crippen molar-refractivity contribution in [3.8, 4) is 11.5 Å². The Balaban J connectivity index is 2.16. The zero-order valence-corrected chi connectivity index (χ0v) is 12.6. The second kappa shape index (κ2) is 4.67. The van der Waals surface area contributed by atoms with Crippen LogP contribution in [-0.2, 0) is 7.05 Å². The number of thioether (sulfide) groups is 1. The van der Waals surface area contributed by atoms with Crippen LogP contribution in [-0.4, -0.2) is 15.8 Å². The van der Waals surface area contributed by atoms with Crippen LogP contribution in [0, 0.1) is 0 Å². The fourth-order valence-electron chi connectivity index (χ4n) is 2.81. The van der Waals surface area contributed by atoms with E-state index in [1.807, 2.05) is 12.1 Å². The molecule has 0 aliphatic carbocycles. The first kappa shape index (κ1) is 12.5. The number of aromatic nitrogens is 2. The van der Waals surface area contributed by atoms with Crippen LogP contribution in [0.3, 0.4) is 0 Å². The lowest BCUT2D eigenvalue weighted by Crippen LogP contribution is -1.92. The molecule has 4 aromatic rings. The van der Waals surface area contributed by atoms with Gasteiger partial charge >= 0.3 is 0 Å². The van der Waals surface area contributed by atoms with Gasteiger partial charge in [-0.3, -0.25) is 0 Å². The summed E-state index contributed by atoms with van der Waals surface area (Å²) in [7, 11) is 2.06. The van der Waals surface area contributed by atoms with E-state index >= 15 is 0 Å². The van der Waals surface area contributed by atoms with Gasteiger partial charge in [0.2, 0.25) is 0 Å². The van der Waals surface area contributed by atoms with E-state index in [0.717, 1.165) is 17.1 Å². The van der Waals surface area contributed by atoms with Gasteiger partial charge in [0, 0.05) is 22.7 Å². The molecule has 0 N–H and O–H groups in total. The monoisotopic (exact) mass is 294 g/mol. The SMILES string of the molecule is CSc1cc(-c2ccco2)nc2c1c1ccccc1n2C. The van der Waals surface area contributed by atoms with Gasteiger partial charge < -0.3 is 8.98 Å². The maximum Gasteiger partial charge on any atom is 0.152 e. The summed E-state index contributed by atoms with van der Waals surface area (Å²) in [5, 5.41) is 2.47. The molecule has 3 nitrogen and oxygen atoms in total. The lowest BCUT2D eigenvalue weighted by Gasteiger charge is -2.04. The molecule has 21 heavy (non-hydrogen) atoms. The van der Waals surface area contributed by atoms with Crippen molar-refractivity contribution in [3.05, 3.63) is 48.7 Å². The van der Waals surface area contributed by atoms with E-state index in [0.29, 0.717) is 0 Å². The molecule has 0 bridgehead atoms. The van der Waals surface area contributed by atoms with Crippen molar-refractivity contribution in [2.45, 2.75) is 4.90 Å². The van der Waals surface area contributed by atoms with Crippen LogP contribution in [0.2, 0.25) is 0 Å². The summed E-state index contributed by atoms with van der Waals surface area (Å²) in [5.74, 6) is 0.803. The summed E-state index contributed by atoms with van der Waals surface area (Å²) in [6.45, 7) is 0. The predicted molar refractivity (Wildman–Crippen MR) is 87.7 cm³/mol. The Morgan fingerprint density at radius 1 is 1.14 bits per heavy atom. The van der Waals surface area contributed by atoms with Gasteiger partial charge in [0.25, 0.3) is 0 Å². The fraction of sp³-hybridized carbons (Fsp3) is 0.118. The molecule has 0 saturated heterocycles. The fourth-order valence-corrected chi connectivity index (χ4v) is 3.44. The Bertz CT molecular complexity index is 938. The lowest BCUT2D eigenvalue weighted by atomic mass is 10.2. The van der Waals surface area contributed by atoms with Gasteiger partial charge in [-0.25, -0.2) is 4.98 Å². The van der Waals surface area contributed by atoms with Crippen LogP contribution in [0.4, 0.5) is 0 Å². The molecule has 0 radical (unpaired) electrons. The quantitative estimate of drug-likeness (QED) is 0.502. The van der Waals surface area contributed by atoms with Crippen molar-refractivity contribution >= 4 is 33.7 Å². The van der Waals surface area contributed by atoms with Crippen LogP contribution < -0.4 is 0 Å². The third-order valence-corrected chi connectivity index (χ3v) is 4.57. The van der Waals surface area contributed by atoms with Crippen LogP contribution in [0.1, 0.15) is 0 Å². The first-order valence-electron chi connectivity index (χ1n) is 6.75. The molecule has 0 spiro atoms. The van der Waals surface area contributed by atoms with Gasteiger partial charge in [-0.15, -0.1) is 11.8 Å². The summed E-state index contributed by atoms with van der Waals surface area (Å²) in [4.78, 5) is 6.04. The molecule has 0 amide bonds. The van der Waals surface area contributed by atoms with Gasteiger partial charge in [-0.2, -0.15) is 0 Å². The normalized spacial score (nSPS) is 11.5. The Labute approximate surface area is 126 Å². The minimum Gasteiger partial charge on any atom is -0.463 e. The van der Waals surface area contributed by atoms with Gasteiger partial charge in [-0.1, -0.05) is 18.2 Å². The van der Waals surface area contributed by atoms with Crippen molar-refractivity contribution in [1.82, 2.24) is 9.55 Å². The number of hydrogen-bond donors (Lipinski definition) is 0. The second-order valence-electron chi connectivity index (χ2n) is 4.96. The van der Waals surface area contributed by atoms with Gasteiger partial charge in [0.15, 0.2) is 5.76 Å². The van der Waals surface area contributed by atoms with Crippen LogP contribution in [0.25, 0.3) is 33.4 Å². The molecule has 4 heteroatoms. The van der Waals surface area contributed by atoms with Crippen molar-refractivity contribution in [2.75, 3.05) is 6.26 Å². The van der Waals surface area contributed by atoms with E-state index in [1.165, 1.54) is 21.2 Å². The molecular formula is C17H14N2OS. The first-order chi connectivity index (χ1) is 10.3. The maximum absolute atomic E-state index is 5.50. The summed E-state index contributed by atoms with van der Waals surface area (Å²) < 4.78 is 7.65. The van der Waals surface area contributed by atoms with Crippen LogP contribution >= 0.6 is 11.8 Å². The van der Waals surface area contributed by atoms with E-state index in [9.17, 15) is 0 Å². The highest BCUT2D eigenvalue weighted by Gasteiger charge is 2.15. The summed E-state index contributed by atoms with van der Waals surface area (Å²) in [6.07, 6.45) is 3.78. The van der Waals surface area contributed by atoms with Crippen molar-refractivity contribution in [1.29, 1.82) is 0 Å². The van der Waals surface area contributed by atoms with Gasteiger partial charge in [0.05, 0.1) is 11.8 Å². The lowest BCUT2D eigenvalue weighted by molar-refractivity contribution is 0.580. The number of hydrogen-bond acceptors (Lipinski definition) is 3. The van der Waals surface area contributed by atoms with E-state index in [-0.39, 0.29) is 0 Å². The van der Waals surface area contributed by atoms with E-state index in [4.69, 9.17) is 9.40 Å². The summed E-state index contributed by atoms with van der Waals surface area (Å²) in [6, 6.07) is 14.4. The Kier molecular flexibility index (Phi) is 2.79. The predicted octanol–water partition coefficient (Wildman–Crippen LogP) is 4.71. The highest BCUT2D eigenvalue weighted by molar-refractivity contribution is 7.98. The second-order valence-corrected chi connectivity index (χ2v) is 5.81. The number of pyridine rings is 1. The molecule has 3 heterocycles. The Morgan fingerprint density at radius 3 is 2.76 bits per heavy atom. The van der Waals surface area contributed by atoms with Crippen molar-refractivity contribution < 1.29 is 4.42 Å². The van der Waals surface area contributed by atoms with Crippen LogP contribution in [0.5, 0.6) is 0 Å². The molecule has 3 aromatic heterocycles. The number of nitrogens with zero attached hydrogens (tertiary/aromatic N) is 2. The number of aryl methyl sites for hydroxylation is 1. The Hall–Kier alpha value is -2.20. The first-order valence-corrected chi connectivity index (χ1v) is 7.98. The molecule has 1 aromatic carbocycles. The third-order valence-electron chi connectivity index (χ3n) is 3.81.